The van der Waals surface area contributed by atoms with Crippen LogP contribution in [0.2, 0.25) is 10.0 Å². The van der Waals surface area contributed by atoms with Crippen molar-refractivity contribution in [2.75, 3.05) is 19.3 Å². The van der Waals surface area contributed by atoms with E-state index in [9.17, 15) is 0 Å². The zero-order chi connectivity index (χ0) is 14.5. The van der Waals surface area contributed by atoms with E-state index in [-0.39, 0.29) is 0 Å². The van der Waals surface area contributed by atoms with Gasteiger partial charge in [-0.25, -0.2) is 0 Å². The Balaban J connectivity index is 1.93. The summed E-state index contributed by atoms with van der Waals surface area (Å²) in [6.07, 6.45) is 1.02. The predicted octanol–water partition coefficient (Wildman–Crippen LogP) is 4.25. The summed E-state index contributed by atoms with van der Waals surface area (Å²) in [6, 6.07) is 14.2. The molecular weight excluding hydrogens is 291 g/mol. The van der Waals surface area contributed by atoms with Crippen LogP contribution in [0, 0.1) is 0 Å². The molecule has 0 aromatic heterocycles. The molecule has 0 saturated carbocycles. The van der Waals surface area contributed by atoms with Crippen LogP contribution in [-0.4, -0.2) is 18.5 Å². The van der Waals surface area contributed by atoms with Gasteiger partial charge in [-0.3, -0.25) is 0 Å². The number of halogens is 2. The summed E-state index contributed by atoms with van der Waals surface area (Å²) in [5, 5.41) is 1.04. The Bertz CT molecular complexity index is 547. The smallest absolute Gasteiger partial charge is 0.0693 e. The van der Waals surface area contributed by atoms with Crippen LogP contribution in [0.25, 0.3) is 0 Å². The molecule has 0 spiro atoms. The predicted molar refractivity (Wildman–Crippen MR) is 87.4 cm³/mol. The molecule has 0 bridgehead atoms. The van der Waals surface area contributed by atoms with Crippen molar-refractivity contribution in [3.63, 3.8) is 0 Å². The van der Waals surface area contributed by atoms with E-state index >= 15 is 0 Å². The topological polar surface area (TPSA) is 29.3 Å². The van der Waals surface area contributed by atoms with Crippen LogP contribution in [0.1, 0.15) is 11.1 Å². The summed E-state index contributed by atoms with van der Waals surface area (Å²) in [4.78, 5) is 2.24. The van der Waals surface area contributed by atoms with Gasteiger partial charge in [-0.1, -0.05) is 53.5 Å². The van der Waals surface area contributed by atoms with Crippen molar-refractivity contribution in [2.45, 2.75) is 13.0 Å². The normalized spacial score (nSPS) is 11.0. The Hall–Kier alpha value is -1.22. The highest BCUT2D eigenvalue weighted by molar-refractivity contribution is 6.38. The first kappa shape index (κ1) is 15.2. The van der Waals surface area contributed by atoms with Crippen LogP contribution < -0.4 is 5.73 Å². The molecule has 0 atom stereocenters. The first-order valence-corrected chi connectivity index (χ1v) is 7.27. The lowest BCUT2D eigenvalue weighted by atomic mass is 10.1. The molecule has 0 amide bonds. The minimum absolute atomic E-state index is 0.448. The summed E-state index contributed by atoms with van der Waals surface area (Å²) in [5.41, 5.74) is 8.60. The lowest BCUT2D eigenvalue weighted by molar-refractivity contribution is 0.331. The van der Waals surface area contributed by atoms with Gasteiger partial charge in [0.15, 0.2) is 0 Å². The van der Waals surface area contributed by atoms with Crippen molar-refractivity contribution < 1.29 is 0 Å². The van der Waals surface area contributed by atoms with Crippen molar-refractivity contribution in [2.24, 2.45) is 0 Å². The Morgan fingerprint density at radius 3 is 2.20 bits per heavy atom. The quantitative estimate of drug-likeness (QED) is 0.837. The molecule has 4 heteroatoms. The molecule has 0 saturated heterocycles. The van der Waals surface area contributed by atoms with Crippen molar-refractivity contribution in [3.8, 4) is 0 Å². The first-order valence-electron chi connectivity index (χ1n) is 6.52. The van der Waals surface area contributed by atoms with E-state index < -0.39 is 0 Å². The summed E-state index contributed by atoms with van der Waals surface area (Å²) in [6.45, 7) is 1.77. The maximum Gasteiger partial charge on any atom is 0.0693 e. The Morgan fingerprint density at radius 1 is 1.00 bits per heavy atom. The standard InChI is InChI=1S/C16H18Cl2N2/c1-20(8-7-12-5-3-2-4-6-12)11-13-9-14(17)16(19)15(18)10-13/h2-6,9-10H,7-8,11,19H2,1H3. The molecule has 2 N–H and O–H groups in total. The third-order valence-corrected chi connectivity index (χ3v) is 3.84. The van der Waals surface area contributed by atoms with E-state index in [0.717, 1.165) is 25.1 Å². The van der Waals surface area contributed by atoms with Gasteiger partial charge >= 0.3 is 0 Å². The van der Waals surface area contributed by atoms with Gasteiger partial charge in [0.1, 0.15) is 0 Å². The van der Waals surface area contributed by atoms with Crippen LogP contribution >= 0.6 is 23.2 Å². The molecule has 0 radical (unpaired) electrons. The van der Waals surface area contributed by atoms with Crippen LogP contribution in [0.5, 0.6) is 0 Å². The largest absolute Gasteiger partial charge is 0.396 e. The molecule has 106 valence electrons. The highest BCUT2D eigenvalue weighted by Gasteiger charge is 2.07. The van der Waals surface area contributed by atoms with Gasteiger partial charge < -0.3 is 10.6 Å². The van der Waals surface area contributed by atoms with Gasteiger partial charge in [0.2, 0.25) is 0 Å². The average Bonchev–Trinajstić information content (AvgIpc) is 2.43. The molecule has 2 aromatic rings. The second-order valence-electron chi connectivity index (χ2n) is 4.95. The molecule has 20 heavy (non-hydrogen) atoms. The maximum absolute atomic E-state index is 6.05. The molecule has 2 rings (SSSR count). The molecule has 2 nitrogen and oxygen atoms in total. The van der Waals surface area contributed by atoms with Gasteiger partial charge in [-0.15, -0.1) is 0 Å². The van der Waals surface area contributed by atoms with E-state index in [1.807, 2.05) is 18.2 Å². The van der Waals surface area contributed by atoms with Gasteiger partial charge in [-0.05, 0) is 36.7 Å². The SMILES string of the molecule is CN(CCc1ccccc1)Cc1cc(Cl)c(N)c(Cl)c1. The molecule has 2 aromatic carbocycles. The average molecular weight is 309 g/mol. The zero-order valence-corrected chi connectivity index (χ0v) is 13.0. The van der Waals surface area contributed by atoms with Crippen LogP contribution in [0.4, 0.5) is 5.69 Å². The van der Waals surface area contributed by atoms with E-state index in [4.69, 9.17) is 28.9 Å². The van der Waals surface area contributed by atoms with Gasteiger partial charge in [0.05, 0.1) is 15.7 Å². The van der Waals surface area contributed by atoms with Gasteiger partial charge in [0.25, 0.3) is 0 Å². The fraction of sp³-hybridized carbons (Fsp3) is 0.250. The zero-order valence-electron chi connectivity index (χ0n) is 11.4. The number of rotatable bonds is 5. The minimum atomic E-state index is 0.448. The third-order valence-electron chi connectivity index (χ3n) is 3.22. The Kier molecular flexibility index (Phi) is 5.30. The van der Waals surface area contributed by atoms with Gasteiger partial charge in [0, 0.05) is 13.1 Å². The van der Waals surface area contributed by atoms with Crippen LogP contribution in [-0.2, 0) is 13.0 Å². The number of nitrogens with zero attached hydrogens (tertiary/aromatic N) is 1. The number of hydrogen-bond acceptors (Lipinski definition) is 2. The second kappa shape index (κ2) is 6.98. The molecule has 0 unspecified atom stereocenters. The number of nitrogen functional groups attached to an aromatic ring is 1. The van der Waals surface area contributed by atoms with E-state index in [1.165, 1.54) is 5.56 Å². The summed E-state index contributed by atoms with van der Waals surface area (Å²) >= 11 is 12.1. The Morgan fingerprint density at radius 2 is 1.60 bits per heavy atom. The number of benzene rings is 2. The maximum atomic E-state index is 6.05. The summed E-state index contributed by atoms with van der Waals surface area (Å²) < 4.78 is 0. The number of likely N-dealkylation sites (N-methyl/N-ethyl adjacent to an activating group) is 1. The lowest BCUT2D eigenvalue weighted by Gasteiger charge is -2.17. The number of hydrogen-bond donors (Lipinski definition) is 1. The molecule has 0 heterocycles. The van der Waals surface area contributed by atoms with Crippen molar-refractivity contribution in [1.29, 1.82) is 0 Å². The van der Waals surface area contributed by atoms with E-state index in [1.54, 1.807) is 0 Å². The van der Waals surface area contributed by atoms with E-state index in [0.29, 0.717) is 15.7 Å². The van der Waals surface area contributed by atoms with Crippen LogP contribution in [0.3, 0.4) is 0 Å². The monoisotopic (exact) mass is 308 g/mol. The fourth-order valence-corrected chi connectivity index (χ4v) is 2.62. The van der Waals surface area contributed by atoms with Crippen molar-refractivity contribution in [3.05, 3.63) is 63.6 Å². The number of anilines is 1. The molecule has 0 aliphatic rings. The minimum Gasteiger partial charge on any atom is -0.396 e. The second-order valence-corrected chi connectivity index (χ2v) is 5.76. The Labute approximate surface area is 130 Å². The van der Waals surface area contributed by atoms with Crippen LogP contribution in [0.15, 0.2) is 42.5 Å². The molecule has 0 aliphatic heterocycles. The molecule has 0 fully saturated rings. The highest BCUT2D eigenvalue weighted by Crippen LogP contribution is 2.29. The highest BCUT2D eigenvalue weighted by atomic mass is 35.5. The van der Waals surface area contributed by atoms with Gasteiger partial charge in [-0.2, -0.15) is 0 Å². The third kappa shape index (κ3) is 4.14. The fourth-order valence-electron chi connectivity index (χ4n) is 2.08. The molecular formula is C16H18Cl2N2. The number of nitrogens with two attached hydrogens (primary N) is 1. The van der Waals surface area contributed by atoms with Crippen molar-refractivity contribution >= 4 is 28.9 Å². The van der Waals surface area contributed by atoms with E-state index in [2.05, 4.69) is 36.2 Å². The first-order chi connectivity index (χ1) is 9.56. The van der Waals surface area contributed by atoms with Crippen molar-refractivity contribution in [1.82, 2.24) is 4.90 Å². The summed E-state index contributed by atoms with van der Waals surface area (Å²) in [7, 11) is 2.08. The lowest BCUT2D eigenvalue weighted by Crippen LogP contribution is -2.20. The summed E-state index contributed by atoms with van der Waals surface area (Å²) in [5.74, 6) is 0. The molecule has 0 aliphatic carbocycles.